The molecule has 188 valence electrons. The number of ether oxygens (including phenoxy) is 3. The van der Waals surface area contributed by atoms with Crippen molar-refractivity contribution in [3.63, 3.8) is 0 Å². The third-order valence-corrected chi connectivity index (χ3v) is 5.15. The van der Waals surface area contributed by atoms with Crippen molar-refractivity contribution in [2.45, 2.75) is 62.3 Å². The van der Waals surface area contributed by atoms with Gasteiger partial charge in [0.05, 0.1) is 17.4 Å². The molecule has 0 saturated heterocycles. The highest BCUT2D eigenvalue weighted by Gasteiger charge is 2.26. The lowest BCUT2D eigenvalue weighted by Crippen LogP contribution is -2.26. The fraction of sp³-hybridized carbons (Fsp3) is 0.414. The van der Waals surface area contributed by atoms with E-state index in [9.17, 15) is 14.4 Å². The van der Waals surface area contributed by atoms with E-state index in [1.165, 1.54) is 6.08 Å². The molecule has 0 saturated carbocycles. The van der Waals surface area contributed by atoms with Crippen LogP contribution in [0.25, 0.3) is 6.08 Å². The van der Waals surface area contributed by atoms with Crippen molar-refractivity contribution >= 4 is 23.8 Å². The van der Waals surface area contributed by atoms with Crippen molar-refractivity contribution in [3.05, 3.63) is 58.7 Å². The van der Waals surface area contributed by atoms with E-state index in [2.05, 4.69) is 0 Å². The Balaban J connectivity index is 2.29. The fourth-order valence-corrected chi connectivity index (χ4v) is 3.05. The summed E-state index contributed by atoms with van der Waals surface area (Å²) >= 11 is 0. The topological polar surface area (TPSA) is 78.9 Å². The summed E-state index contributed by atoms with van der Waals surface area (Å²) in [5.41, 5.74) is 1.37. The minimum atomic E-state index is -0.643. The number of rotatable bonds is 7. The van der Waals surface area contributed by atoms with Gasteiger partial charge in [-0.3, -0.25) is 14.4 Å². The Morgan fingerprint density at radius 2 is 1.37 bits per heavy atom. The molecule has 2 rings (SSSR count). The average Bonchev–Trinajstić information content (AvgIpc) is 2.76. The van der Waals surface area contributed by atoms with Crippen LogP contribution in [0.2, 0.25) is 0 Å². The molecule has 0 aliphatic rings. The molecule has 0 amide bonds. The third kappa shape index (κ3) is 7.28. The molecule has 0 unspecified atom stereocenters. The summed E-state index contributed by atoms with van der Waals surface area (Å²) in [6.07, 6.45) is 3.16. The molecule has 0 spiro atoms. The molecule has 0 aromatic heterocycles. The van der Waals surface area contributed by atoms with E-state index in [0.29, 0.717) is 40.5 Å². The highest BCUT2D eigenvalue weighted by molar-refractivity contribution is 6.07. The molecular weight excluding hydrogens is 444 g/mol. The smallest absolute Gasteiger partial charge is 0.316 e. The summed E-state index contributed by atoms with van der Waals surface area (Å²) in [5.74, 6) is 0.527. The number of aryl methyl sites for hydroxylation is 1. The molecule has 0 fully saturated rings. The Kier molecular flexibility index (Phi) is 8.66. The van der Waals surface area contributed by atoms with E-state index in [1.54, 1.807) is 71.9 Å². The molecule has 0 aliphatic carbocycles. The second-order valence-corrected chi connectivity index (χ2v) is 10.5. The van der Waals surface area contributed by atoms with Gasteiger partial charge >= 0.3 is 11.9 Å². The molecule has 0 N–H and O–H groups in total. The second kappa shape index (κ2) is 10.9. The molecule has 0 heterocycles. The normalized spacial score (nSPS) is 11.9. The summed E-state index contributed by atoms with van der Waals surface area (Å²) in [6, 6.07) is 8.27. The molecule has 0 bridgehead atoms. The van der Waals surface area contributed by atoms with Gasteiger partial charge in [0.15, 0.2) is 5.78 Å². The minimum Gasteiger partial charge on any atom is -0.493 e. The molecule has 0 radical (unpaired) electrons. The van der Waals surface area contributed by atoms with E-state index in [0.717, 1.165) is 5.56 Å². The van der Waals surface area contributed by atoms with E-state index in [1.807, 2.05) is 26.8 Å². The van der Waals surface area contributed by atoms with Crippen LogP contribution in [-0.2, 0) is 9.59 Å². The predicted octanol–water partition coefficient (Wildman–Crippen LogP) is 6.50. The number of carbonyl (C=O) groups excluding carboxylic acids is 3. The first-order chi connectivity index (χ1) is 16.1. The zero-order chi connectivity index (χ0) is 26.6. The summed E-state index contributed by atoms with van der Waals surface area (Å²) in [4.78, 5) is 37.3. The van der Waals surface area contributed by atoms with Crippen molar-refractivity contribution in [2.24, 2.45) is 10.8 Å². The van der Waals surface area contributed by atoms with E-state index >= 15 is 0 Å². The van der Waals surface area contributed by atoms with Gasteiger partial charge in [0.2, 0.25) is 0 Å². The van der Waals surface area contributed by atoms with Crippen molar-refractivity contribution in [1.82, 2.24) is 0 Å². The van der Waals surface area contributed by atoms with Crippen LogP contribution in [0.4, 0.5) is 0 Å². The van der Waals surface area contributed by atoms with Crippen LogP contribution >= 0.6 is 0 Å². The van der Waals surface area contributed by atoms with Gasteiger partial charge in [-0.25, -0.2) is 0 Å². The van der Waals surface area contributed by atoms with E-state index in [4.69, 9.17) is 14.2 Å². The maximum atomic E-state index is 12.8. The van der Waals surface area contributed by atoms with Crippen LogP contribution in [0.15, 0.2) is 36.4 Å². The number of carbonyl (C=O) groups is 3. The van der Waals surface area contributed by atoms with Gasteiger partial charge in [-0.15, -0.1) is 0 Å². The van der Waals surface area contributed by atoms with Gasteiger partial charge in [0.1, 0.15) is 17.2 Å². The van der Waals surface area contributed by atoms with Crippen LogP contribution in [0.1, 0.15) is 75.5 Å². The quantitative estimate of drug-likeness (QED) is 0.195. The molecule has 0 aliphatic heterocycles. The predicted molar refractivity (Wildman–Crippen MR) is 137 cm³/mol. The molecule has 35 heavy (non-hydrogen) atoms. The SMILES string of the molecule is CCOc1c(C=CC(=O)c2ccc(OC(=O)C(C)(C)C)cc2)cc(C)c(OC(=O)C(C)(C)C)c1C. The van der Waals surface area contributed by atoms with Crippen molar-refractivity contribution < 1.29 is 28.6 Å². The molecular formula is C29H36O6. The largest absolute Gasteiger partial charge is 0.493 e. The van der Waals surface area contributed by atoms with Crippen LogP contribution in [0, 0.1) is 24.7 Å². The number of ketones is 1. The van der Waals surface area contributed by atoms with Gasteiger partial charge in [0.25, 0.3) is 0 Å². The standard InChI is InChI=1S/C29H36O6/c1-10-33-25-19(3)24(35-27(32)29(7,8)9)18(2)17-21(25)13-16-23(30)20-11-14-22(15-12-20)34-26(31)28(4,5)6/h11-17H,10H2,1-9H3. The Hall–Kier alpha value is -3.41. The molecule has 2 aromatic carbocycles. The first kappa shape index (κ1) is 27.8. The fourth-order valence-electron chi connectivity index (χ4n) is 3.05. The number of hydrogen-bond donors (Lipinski definition) is 0. The zero-order valence-corrected chi connectivity index (χ0v) is 22.2. The minimum absolute atomic E-state index is 0.209. The summed E-state index contributed by atoms with van der Waals surface area (Å²) in [6.45, 7) is 16.7. The third-order valence-electron chi connectivity index (χ3n) is 5.15. The second-order valence-electron chi connectivity index (χ2n) is 10.5. The van der Waals surface area contributed by atoms with Crippen molar-refractivity contribution in [2.75, 3.05) is 6.61 Å². The van der Waals surface area contributed by atoms with Gasteiger partial charge < -0.3 is 14.2 Å². The highest BCUT2D eigenvalue weighted by atomic mass is 16.5. The van der Waals surface area contributed by atoms with Crippen LogP contribution in [0.3, 0.4) is 0 Å². The maximum absolute atomic E-state index is 12.8. The van der Waals surface area contributed by atoms with Crippen molar-refractivity contribution in [3.8, 4) is 17.2 Å². The average molecular weight is 481 g/mol. The lowest BCUT2D eigenvalue weighted by atomic mass is 9.97. The number of hydrogen-bond acceptors (Lipinski definition) is 6. The molecule has 6 heteroatoms. The van der Waals surface area contributed by atoms with Crippen molar-refractivity contribution in [1.29, 1.82) is 0 Å². The van der Waals surface area contributed by atoms with Crippen LogP contribution in [-0.4, -0.2) is 24.3 Å². The molecule has 6 nitrogen and oxygen atoms in total. The summed E-state index contributed by atoms with van der Waals surface area (Å²) < 4.78 is 16.9. The lowest BCUT2D eigenvalue weighted by molar-refractivity contribution is -0.143. The highest BCUT2D eigenvalue weighted by Crippen LogP contribution is 2.37. The van der Waals surface area contributed by atoms with Gasteiger partial charge in [-0.1, -0.05) is 0 Å². The van der Waals surface area contributed by atoms with Crippen LogP contribution < -0.4 is 14.2 Å². The maximum Gasteiger partial charge on any atom is 0.316 e. The number of benzene rings is 2. The van der Waals surface area contributed by atoms with Gasteiger partial charge in [-0.05, 0) is 110 Å². The lowest BCUT2D eigenvalue weighted by Gasteiger charge is -2.21. The number of esters is 2. The Morgan fingerprint density at radius 3 is 1.89 bits per heavy atom. The summed E-state index contributed by atoms with van der Waals surface area (Å²) in [5, 5.41) is 0. The Bertz CT molecular complexity index is 1130. The van der Waals surface area contributed by atoms with Gasteiger partial charge in [0, 0.05) is 16.7 Å². The van der Waals surface area contributed by atoms with Crippen LogP contribution in [0.5, 0.6) is 17.2 Å². The Morgan fingerprint density at radius 1 is 0.829 bits per heavy atom. The summed E-state index contributed by atoms with van der Waals surface area (Å²) in [7, 11) is 0. The first-order valence-corrected chi connectivity index (χ1v) is 11.7. The number of allylic oxidation sites excluding steroid dienone is 1. The van der Waals surface area contributed by atoms with E-state index < -0.39 is 10.8 Å². The molecule has 0 atom stereocenters. The monoisotopic (exact) mass is 480 g/mol. The zero-order valence-electron chi connectivity index (χ0n) is 22.2. The van der Waals surface area contributed by atoms with E-state index in [-0.39, 0.29) is 17.7 Å². The molecule has 2 aromatic rings. The Labute approximate surface area is 208 Å². The van der Waals surface area contributed by atoms with Gasteiger partial charge in [-0.2, -0.15) is 0 Å². The first-order valence-electron chi connectivity index (χ1n) is 11.7.